The van der Waals surface area contributed by atoms with E-state index in [1.54, 1.807) is 10.7 Å². The lowest BCUT2D eigenvalue weighted by molar-refractivity contribution is -0.141. The summed E-state index contributed by atoms with van der Waals surface area (Å²) in [4.78, 5) is 12.3. The minimum Gasteiger partial charge on any atom is -0.366 e. The van der Waals surface area contributed by atoms with Gasteiger partial charge in [-0.15, -0.1) is 10.2 Å². The zero-order valence-electron chi connectivity index (χ0n) is 14.7. The zero-order valence-corrected chi connectivity index (χ0v) is 14.7. The lowest BCUT2D eigenvalue weighted by atomic mass is 9.91. The molecule has 0 spiro atoms. The van der Waals surface area contributed by atoms with E-state index >= 15 is 0 Å². The molecule has 1 N–H and O–H groups in total. The molecule has 0 unspecified atom stereocenters. The van der Waals surface area contributed by atoms with Crippen molar-refractivity contribution in [3.63, 3.8) is 0 Å². The number of nitrogens with one attached hydrogen (secondary N) is 1. The van der Waals surface area contributed by atoms with Gasteiger partial charge in [-0.25, -0.2) is 4.68 Å². The van der Waals surface area contributed by atoms with Gasteiger partial charge in [0.25, 0.3) is 5.56 Å². The first-order chi connectivity index (χ1) is 12.9. The summed E-state index contributed by atoms with van der Waals surface area (Å²) in [6.07, 6.45) is 1.59. The summed E-state index contributed by atoms with van der Waals surface area (Å²) >= 11 is 0. The molecule has 0 radical (unpaired) electrons. The van der Waals surface area contributed by atoms with E-state index in [0.717, 1.165) is 62.3 Å². The number of fused-ring (bicyclic) bond motifs is 1. The molecule has 1 fully saturated rings. The Hall–Kier alpha value is -2.45. The lowest BCUT2D eigenvalue weighted by Crippen LogP contribution is -2.34. The highest BCUT2D eigenvalue weighted by Gasteiger charge is 2.33. The van der Waals surface area contributed by atoms with Gasteiger partial charge in [-0.3, -0.25) is 4.79 Å². The molecule has 1 saturated carbocycles. The number of halogens is 3. The second kappa shape index (κ2) is 6.94. The largest absolute Gasteiger partial charge is 0.435 e. The molecule has 2 aliphatic carbocycles. The molecule has 0 atom stereocenters. The molecule has 0 saturated heterocycles. The molecule has 27 heavy (non-hydrogen) atoms. The van der Waals surface area contributed by atoms with Crippen molar-refractivity contribution in [2.24, 2.45) is 0 Å². The molecule has 2 heterocycles. The summed E-state index contributed by atoms with van der Waals surface area (Å²) in [6, 6.07) is 4.11. The molecule has 0 aliphatic heterocycles. The van der Waals surface area contributed by atoms with Gasteiger partial charge in [-0.2, -0.15) is 18.3 Å². The molecule has 4 rings (SSSR count). The summed E-state index contributed by atoms with van der Waals surface area (Å²) in [6.45, 7) is 0. The maximum absolute atomic E-state index is 12.5. The Morgan fingerprint density at radius 3 is 2.52 bits per heavy atom. The third kappa shape index (κ3) is 3.81. The summed E-state index contributed by atoms with van der Waals surface area (Å²) in [7, 11) is 0. The normalized spacial score (nSPS) is 22.5. The van der Waals surface area contributed by atoms with Crippen LogP contribution in [-0.4, -0.2) is 26.0 Å². The number of nitrogens with zero attached hydrogens (tertiary/aromatic N) is 4. The molecule has 0 amide bonds. The van der Waals surface area contributed by atoms with Crippen molar-refractivity contribution in [2.75, 3.05) is 5.32 Å². The predicted molar refractivity (Wildman–Crippen MR) is 92.5 cm³/mol. The van der Waals surface area contributed by atoms with Crippen molar-refractivity contribution in [1.82, 2.24) is 20.0 Å². The Morgan fingerprint density at radius 2 is 1.85 bits per heavy atom. The van der Waals surface area contributed by atoms with E-state index < -0.39 is 11.9 Å². The van der Waals surface area contributed by atoms with Crippen LogP contribution in [0.15, 0.2) is 23.0 Å². The van der Waals surface area contributed by atoms with Crippen molar-refractivity contribution < 1.29 is 13.2 Å². The summed E-state index contributed by atoms with van der Waals surface area (Å²) in [5.74, 6) is 0.333. The first kappa shape index (κ1) is 17.9. The minimum absolute atomic E-state index is 0.0411. The highest BCUT2D eigenvalue weighted by Crippen LogP contribution is 2.30. The fraction of sp³-hybridized carbons (Fsp3) is 0.556. The van der Waals surface area contributed by atoms with E-state index in [2.05, 4.69) is 20.6 Å². The van der Waals surface area contributed by atoms with Crippen LogP contribution in [0.2, 0.25) is 0 Å². The number of aryl methyl sites for hydroxylation is 2. The number of hydrogen-bond acceptors (Lipinski definition) is 5. The van der Waals surface area contributed by atoms with Crippen LogP contribution in [0.1, 0.15) is 55.1 Å². The number of alkyl halides is 3. The molecule has 144 valence electrons. The molecule has 6 nitrogen and oxygen atoms in total. The highest BCUT2D eigenvalue weighted by molar-refractivity contribution is 5.34. The van der Waals surface area contributed by atoms with E-state index in [4.69, 9.17) is 0 Å². The van der Waals surface area contributed by atoms with Crippen LogP contribution in [0.4, 0.5) is 19.0 Å². The monoisotopic (exact) mass is 379 g/mol. The third-order valence-electron chi connectivity index (χ3n) is 5.33. The first-order valence-corrected chi connectivity index (χ1v) is 9.19. The molecular formula is C18H20F3N5O. The van der Waals surface area contributed by atoms with E-state index in [-0.39, 0.29) is 17.6 Å². The Bertz CT molecular complexity index is 870. The first-order valence-electron chi connectivity index (χ1n) is 9.19. The number of anilines is 1. The smallest absolute Gasteiger partial charge is 0.366 e. The topological polar surface area (TPSA) is 72.7 Å². The van der Waals surface area contributed by atoms with E-state index in [1.165, 1.54) is 6.07 Å². The number of rotatable bonds is 3. The third-order valence-corrected chi connectivity index (χ3v) is 5.33. The van der Waals surface area contributed by atoms with Gasteiger partial charge in [0.05, 0.1) is 11.7 Å². The fourth-order valence-electron chi connectivity index (χ4n) is 3.91. The summed E-state index contributed by atoms with van der Waals surface area (Å²) in [5.41, 5.74) is 1.07. The van der Waals surface area contributed by atoms with Crippen LogP contribution in [0.25, 0.3) is 0 Å². The number of hydrogen-bond donors (Lipinski definition) is 1. The maximum atomic E-state index is 12.5. The second-order valence-corrected chi connectivity index (χ2v) is 7.20. The van der Waals surface area contributed by atoms with Crippen molar-refractivity contribution in [2.45, 2.75) is 63.2 Å². The van der Waals surface area contributed by atoms with Crippen molar-refractivity contribution in [3.8, 4) is 0 Å². The van der Waals surface area contributed by atoms with Gasteiger partial charge in [0, 0.05) is 12.1 Å². The van der Waals surface area contributed by atoms with Gasteiger partial charge in [0.2, 0.25) is 0 Å². The van der Waals surface area contributed by atoms with Gasteiger partial charge >= 0.3 is 6.18 Å². The van der Waals surface area contributed by atoms with Gasteiger partial charge in [0.15, 0.2) is 5.69 Å². The fourth-order valence-corrected chi connectivity index (χ4v) is 3.91. The standard InChI is InChI=1S/C18H20F3N5O/c19-18(20,21)15-8-9-16(24-23-15)22-12-4-6-13(7-5-12)26-17(27)10-11-2-1-3-14(11)25-26/h8-10,12-13H,1-7H2,(H,22,24). The predicted octanol–water partition coefficient (Wildman–Crippen LogP) is 3.14. The molecular weight excluding hydrogens is 359 g/mol. The highest BCUT2D eigenvalue weighted by atomic mass is 19.4. The Kier molecular flexibility index (Phi) is 4.61. The van der Waals surface area contributed by atoms with Crippen LogP contribution in [0.5, 0.6) is 0 Å². The van der Waals surface area contributed by atoms with Crippen molar-refractivity contribution in [3.05, 3.63) is 45.5 Å². The summed E-state index contributed by atoms with van der Waals surface area (Å²) in [5, 5.41) is 14.6. The quantitative estimate of drug-likeness (QED) is 0.887. The SMILES string of the molecule is O=c1cc2c(nn1C1CCC(Nc3ccc(C(F)(F)F)nn3)CC1)CCC2. The van der Waals surface area contributed by atoms with Gasteiger partial charge in [-0.1, -0.05) is 0 Å². The zero-order chi connectivity index (χ0) is 19.0. The Labute approximate surface area is 153 Å². The average Bonchev–Trinajstić information content (AvgIpc) is 3.09. The Balaban J connectivity index is 1.37. The average molecular weight is 379 g/mol. The maximum Gasteiger partial charge on any atom is 0.435 e. The number of aromatic nitrogens is 4. The van der Waals surface area contributed by atoms with Gasteiger partial charge < -0.3 is 5.32 Å². The summed E-state index contributed by atoms with van der Waals surface area (Å²) < 4.78 is 39.2. The van der Waals surface area contributed by atoms with Crippen LogP contribution in [0, 0.1) is 0 Å². The van der Waals surface area contributed by atoms with Gasteiger partial charge in [0.1, 0.15) is 5.82 Å². The van der Waals surface area contributed by atoms with E-state index in [1.807, 2.05) is 0 Å². The molecule has 2 aromatic heterocycles. The van der Waals surface area contributed by atoms with Crippen LogP contribution in [0.3, 0.4) is 0 Å². The minimum atomic E-state index is -4.49. The van der Waals surface area contributed by atoms with E-state index in [9.17, 15) is 18.0 Å². The van der Waals surface area contributed by atoms with Gasteiger partial charge in [-0.05, 0) is 62.6 Å². The molecule has 0 bridgehead atoms. The molecule has 2 aliphatic rings. The molecule has 2 aromatic rings. The van der Waals surface area contributed by atoms with Crippen LogP contribution < -0.4 is 10.9 Å². The van der Waals surface area contributed by atoms with E-state index in [0.29, 0.717) is 5.82 Å². The Morgan fingerprint density at radius 1 is 1.07 bits per heavy atom. The van der Waals surface area contributed by atoms with Crippen LogP contribution >= 0.6 is 0 Å². The van der Waals surface area contributed by atoms with Crippen LogP contribution in [-0.2, 0) is 19.0 Å². The van der Waals surface area contributed by atoms with Crippen molar-refractivity contribution in [1.29, 1.82) is 0 Å². The lowest BCUT2D eigenvalue weighted by Gasteiger charge is -2.30. The molecule has 9 heteroatoms. The van der Waals surface area contributed by atoms with Crippen molar-refractivity contribution >= 4 is 5.82 Å². The molecule has 0 aromatic carbocycles. The second-order valence-electron chi connectivity index (χ2n) is 7.20.